The molecule has 2 heterocycles. The maximum atomic E-state index is 5.14. The van der Waals surface area contributed by atoms with Gasteiger partial charge in [-0.3, -0.25) is 4.90 Å². The summed E-state index contributed by atoms with van der Waals surface area (Å²) in [7, 11) is 1.79. The third-order valence-corrected chi connectivity index (χ3v) is 4.91. The average molecular weight is 353 g/mol. The molecule has 2 rings (SSSR count). The van der Waals surface area contributed by atoms with Crippen LogP contribution < -0.4 is 0 Å². The van der Waals surface area contributed by atoms with Crippen LogP contribution in [-0.2, 0) is 4.74 Å². The molecule has 17 heavy (non-hydrogen) atoms. The number of piperidine rings is 1. The molecule has 0 spiro atoms. The average Bonchev–Trinajstić information content (AvgIpc) is 2.38. The first-order valence-corrected chi connectivity index (χ1v) is 7.62. The summed E-state index contributed by atoms with van der Waals surface area (Å²) in [5.74, 6) is 0. The molecule has 0 saturated carbocycles. The van der Waals surface area contributed by atoms with Gasteiger partial charge >= 0.3 is 0 Å². The van der Waals surface area contributed by atoms with Crippen molar-refractivity contribution in [2.24, 2.45) is 0 Å². The number of halogens is 1. The SMILES string of the molecule is COCCN1CCC(N2CCN(I)CC2)CC1. The van der Waals surface area contributed by atoms with Crippen molar-refractivity contribution < 1.29 is 4.74 Å². The normalized spacial score (nSPS) is 26.5. The van der Waals surface area contributed by atoms with Gasteiger partial charge in [0.15, 0.2) is 0 Å². The van der Waals surface area contributed by atoms with Crippen molar-refractivity contribution >= 4 is 22.9 Å². The van der Waals surface area contributed by atoms with Crippen LogP contribution in [0, 0.1) is 0 Å². The maximum Gasteiger partial charge on any atom is 0.0589 e. The molecule has 0 unspecified atom stereocenters. The van der Waals surface area contributed by atoms with Gasteiger partial charge in [-0.25, -0.2) is 3.11 Å². The van der Waals surface area contributed by atoms with Gasteiger partial charge in [-0.1, -0.05) is 0 Å². The first-order chi connectivity index (χ1) is 8.29. The smallest absolute Gasteiger partial charge is 0.0589 e. The van der Waals surface area contributed by atoms with Crippen LogP contribution in [0.4, 0.5) is 0 Å². The van der Waals surface area contributed by atoms with Crippen molar-refractivity contribution in [3.63, 3.8) is 0 Å². The summed E-state index contributed by atoms with van der Waals surface area (Å²) in [4.78, 5) is 5.23. The van der Waals surface area contributed by atoms with Gasteiger partial charge in [-0.2, -0.15) is 0 Å². The molecule has 0 atom stereocenters. The van der Waals surface area contributed by atoms with Crippen molar-refractivity contribution in [1.29, 1.82) is 0 Å². The lowest BCUT2D eigenvalue weighted by atomic mass is 10.0. The molecule has 2 aliphatic heterocycles. The Bertz CT molecular complexity index is 214. The highest BCUT2D eigenvalue weighted by Crippen LogP contribution is 2.18. The van der Waals surface area contributed by atoms with E-state index in [2.05, 4.69) is 35.8 Å². The highest BCUT2D eigenvalue weighted by Gasteiger charge is 2.26. The van der Waals surface area contributed by atoms with Crippen molar-refractivity contribution in [2.75, 3.05) is 59.5 Å². The molecule has 0 aromatic heterocycles. The molecule has 2 saturated heterocycles. The van der Waals surface area contributed by atoms with E-state index in [1.165, 1.54) is 52.1 Å². The second-order valence-corrected chi connectivity index (χ2v) is 6.38. The van der Waals surface area contributed by atoms with Crippen LogP contribution in [-0.4, -0.2) is 78.5 Å². The number of likely N-dealkylation sites (tertiary alicyclic amines) is 1. The third kappa shape index (κ3) is 4.31. The summed E-state index contributed by atoms with van der Waals surface area (Å²) in [6.07, 6.45) is 2.68. The molecule has 0 N–H and O–H groups in total. The number of nitrogens with zero attached hydrogens (tertiary/aromatic N) is 3. The summed E-state index contributed by atoms with van der Waals surface area (Å²) < 4.78 is 7.55. The van der Waals surface area contributed by atoms with E-state index in [4.69, 9.17) is 4.74 Å². The largest absolute Gasteiger partial charge is 0.383 e. The lowest BCUT2D eigenvalue weighted by molar-refractivity contribution is 0.0724. The van der Waals surface area contributed by atoms with Gasteiger partial charge in [-0.05, 0) is 25.9 Å². The Labute approximate surface area is 119 Å². The van der Waals surface area contributed by atoms with E-state index in [1.807, 2.05) is 0 Å². The minimum atomic E-state index is 0.832. The standard InChI is InChI=1S/C12H24IN3O/c1-17-11-10-14-4-2-12(3-5-14)15-6-8-16(13)9-7-15/h12H,2-11H2,1H3. The van der Waals surface area contributed by atoms with Gasteiger partial charge in [0.25, 0.3) is 0 Å². The van der Waals surface area contributed by atoms with Crippen molar-refractivity contribution in [3.05, 3.63) is 0 Å². The summed E-state index contributed by atoms with van der Waals surface area (Å²) in [6, 6.07) is 0.832. The van der Waals surface area contributed by atoms with Crippen molar-refractivity contribution in [1.82, 2.24) is 12.9 Å². The Hall–Kier alpha value is 0.570. The van der Waals surface area contributed by atoms with Crippen LogP contribution in [0.5, 0.6) is 0 Å². The molecule has 0 aliphatic carbocycles. The van der Waals surface area contributed by atoms with Gasteiger partial charge < -0.3 is 9.64 Å². The highest BCUT2D eigenvalue weighted by molar-refractivity contribution is 14.1. The first-order valence-electron chi connectivity index (χ1n) is 6.65. The van der Waals surface area contributed by atoms with Crippen LogP contribution in [0.25, 0.3) is 0 Å². The Morgan fingerprint density at radius 2 is 1.71 bits per heavy atom. The van der Waals surface area contributed by atoms with Crippen LogP contribution in [0.2, 0.25) is 0 Å². The molecule has 0 amide bonds. The highest BCUT2D eigenvalue weighted by atomic mass is 127. The summed E-state index contributed by atoms with van der Waals surface area (Å²) in [6.45, 7) is 9.44. The topological polar surface area (TPSA) is 19.0 Å². The zero-order chi connectivity index (χ0) is 12.1. The lowest BCUT2D eigenvalue weighted by Gasteiger charge is -2.41. The van der Waals surface area contributed by atoms with E-state index in [-0.39, 0.29) is 0 Å². The molecule has 0 aromatic carbocycles. The Morgan fingerprint density at radius 3 is 2.29 bits per heavy atom. The van der Waals surface area contributed by atoms with Crippen LogP contribution in [0.15, 0.2) is 0 Å². The number of methoxy groups -OCH3 is 1. The molecule has 0 radical (unpaired) electrons. The van der Waals surface area contributed by atoms with Crippen LogP contribution >= 0.6 is 22.9 Å². The molecule has 2 aliphatic rings. The quantitative estimate of drug-likeness (QED) is 0.556. The predicted octanol–water partition coefficient (Wildman–Crippen LogP) is 1.06. The molecular weight excluding hydrogens is 329 g/mol. The molecule has 0 bridgehead atoms. The van der Waals surface area contributed by atoms with E-state index in [1.54, 1.807) is 7.11 Å². The predicted molar refractivity (Wildman–Crippen MR) is 78.5 cm³/mol. The molecule has 2 fully saturated rings. The summed E-state index contributed by atoms with van der Waals surface area (Å²) in [5, 5.41) is 0. The number of ether oxygens (including phenoxy) is 1. The van der Waals surface area contributed by atoms with Gasteiger partial charge in [0, 0.05) is 68.7 Å². The number of rotatable bonds is 4. The van der Waals surface area contributed by atoms with Gasteiger partial charge in [0.1, 0.15) is 0 Å². The van der Waals surface area contributed by atoms with Crippen LogP contribution in [0.1, 0.15) is 12.8 Å². The zero-order valence-electron chi connectivity index (χ0n) is 10.8. The Morgan fingerprint density at radius 1 is 1.06 bits per heavy atom. The monoisotopic (exact) mass is 353 g/mol. The number of piperazine rings is 1. The first kappa shape index (κ1) is 14.0. The van der Waals surface area contributed by atoms with Gasteiger partial charge in [0.05, 0.1) is 6.61 Å². The van der Waals surface area contributed by atoms with Crippen molar-refractivity contribution in [2.45, 2.75) is 18.9 Å². The lowest BCUT2D eigenvalue weighted by Crippen LogP contribution is -2.51. The number of hydrogen-bond donors (Lipinski definition) is 0. The summed E-state index contributed by atoms with van der Waals surface area (Å²) >= 11 is 2.44. The Kier molecular flexibility index (Phi) is 5.95. The van der Waals surface area contributed by atoms with Gasteiger partial charge in [0.2, 0.25) is 0 Å². The minimum Gasteiger partial charge on any atom is -0.383 e. The maximum absolute atomic E-state index is 5.14. The van der Waals surface area contributed by atoms with E-state index in [0.29, 0.717) is 0 Å². The minimum absolute atomic E-state index is 0.832. The zero-order valence-corrected chi connectivity index (χ0v) is 12.9. The van der Waals surface area contributed by atoms with Gasteiger partial charge in [-0.15, -0.1) is 0 Å². The van der Waals surface area contributed by atoms with E-state index in [0.717, 1.165) is 19.2 Å². The molecular formula is C12H24IN3O. The summed E-state index contributed by atoms with van der Waals surface area (Å²) in [5.41, 5.74) is 0. The molecule has 0 aromatic rings. The Balaban J connectivity index is 1.68. The van der Waals surface area contributed by atoms with E-state index in [9.17, 15) is 0 Å². The van der Waals surface area contributed by atoms with E-state index >= 15 is 0 Å². The fraction of sp³-hybridized carbons (Fsp3) is 1.00. The van der Waals surface area contributed by atoms with Crippen molar-refractivity contribution in [3.8, 4) is 0 Å². The van der Waals surface area contributed by atoms with Crippen LogP contribution in [0.3, 0.4) is 0 Å². The second kappa shape index (κ2) is 7.23. The molecule has 5 heteroatoms. The molecule has 4 nitrogen and oxygen atoms in total. The van der Waals surface area contributed by atoms with E-state index < -0.39 is 0 Å². The fourth-order valence-corrected chi connectivity index (χ4v) is 3.22. The molecule has 100 valence electrons. The fourth-order valence-electron chi connectivity index (χ4n) is 2.79. The number of hydrogen-bond acceptors (Lipinski definition) is 4. The third-order valence-electron chi connectivity index (χ3n) is 3.94. The second-order valence-electron chi connectivity index (χ2n) is 5.01.